The zero-order valence-electron chi connectivity index (χ0n) is 8.82. The van der Waals surface area contributed by atoms with Crippen molar-refractivity contribution in [3.8, 4) is 0 Å². The predicted molar refractivity (Wildman–Crippen MR) is 58.8 cm³/mol. The van der Waals surface area contributed by atoms with Crippen molar-refractivity contribution in [1.29, 1.82) is 0 Å². The minimum Gasteiger partial charge on any atom is -0.396 e. The van der Waals surface area contributed by atoms with Crippen molar-refractivity contribution in [2.24, 2.45) is 0 Å². The minimum absolute atomic E-state index is 0.0217. The number of hydrogen-bond acceptors (Lipinski definition) is 3. The molecule has 2 unspecified atom stereocenters. The van der Waals surface area contributed by atoms with Gasteiger partial charge >= 0.3 is 0 Å². The van der Waals surface area contributed by atoms with E-state index in [-0.39, 0.29) is 18.6 Å². The van der Waals surface area contributed by atoms with Crippen molar-refractivity contribution in [3.63, 3.8) is 0 Å². The molecule has 1 aromatic rings. The van der Waals surface area contributed by atoms with Gasteiger partial charge in [0.2, 0.25) is 0 Å². The first-order valence-electron chi connectivity index (χ1n) is 4.90. The van der Waals surface area contributed by atoms with Gasteiger partial charge in [-0.15, -0.1) is 0 Å². The summed E-state index contributed by atoms with van der Waals surface area (Å²) < 4.78 is 13.5. The van der Waals surface area contributed by atoms with Crippen LogP contribution in [-0.2, 0) is 0 Å². The van der Waals surface area contributed by atoms with E-state index in [0.29, 0.717) is 10.6 Å². The van der Waals surface area contributed by atoms with Crippen molar-refractivity contribution < 1.29 is 19.7 Å². The number of rotatable bonds is 4. The molecule has 0 radical (unpaired) electrons. The summed E-state index contributed by atoms with van der Waals surface area (Å²) in [6.45, 7) is 1.37. The number of halogens is 2. The number of aryl methyl sites for hydroxylation is 1. The Labute approximate surface area is 98.1 Å². The molecule has 0 heterocycles. The van der Waals surface area contributed by atoms with Gasteiger partial charge in [0.25, 0.3) is 0 Å². The van der Waals surface area contributed by atoms with E-state index < -0.39 is 18.0 Å². The molecule has 1 aromatic carbocycles. The Hall–Kier alpha value is -0.680. The quantitative estimate of drug-likeness (QED) is 0.758. The van der Waals surface area contributed by atoms with Gasteiger partial charge < -0.3 is 15.3 Å². The molecule has 0 bridgehead atoms. The molecule has 0 saturated carbocycles. The molecule has 0 fully saturated rings. The van der Waals surface area contributed by atoms with Crippen LogP contribution in [0.4, 0.5) is 4.39 Å². The lowest BCUT2D eigenvalue weighted by molar-refractivity contribution is 0.00236. The fourth-order valence-electron chi connectivity index (χ4n) is 1.39. The highest BCUT2D eigenvalue weighted by Gasteiger charge is 2.22. The van der Waals surface area contributed by atoms with E-state index in [9.17, 15) is 14.6 Å². The van der Waals surface area contributed by atoms with Crippen LogP contribution in [-0.4, -0.2) is 28.0 Å². The van der Waals surface area contributed by atoms with E-state index in [1.54, 1.807) is 6.92 Å². The Kier molecular flexibility index (Phi) is 4.68. The molecule has 0 aliphatic heterocycles. The van der Waals surface area contributed by atoms with Crippen molar-refractivity contribution in [2.75, 3.05) is 6.61 Å². The monoisotopic (exact) mass is 248 g/mol. The third-order valence-corrected chi connectivity index (χ3v) is 2.79. The van der Waals surface area contributed by atoms with Crippen LogP contribution in [0.3, 0.4) is 0 Å². The zero-order chi connectivity index (χ0) is 12.3. The van der Waals surface area contributed by atoms with E-state index >= 15 is 0 Å². The lowest BCUT2D eigenvalue weighted by Crippen LogP contribution is -2.20. The molecule has 3 nitrogen and oxygen atoms in total. The summed E-state index contributed by atoms with van der Waals surface area (Å²) in [5.41, 5.74) is 0.503. The summed E-state index contributed by atoms with van der Waals surface area (Å²) in [5, 5.41) is 28.0. The molecule has 3 N–H and O–H groups in total. The van der Waals surface area contributed by atoms with E-state index in [2.05, 4.69) is 0 Å². The Bertz CT molecular complexity index is 370. The molecule has 0 spiro atoms. The number of aliphatic hydroxyl groups excluding tert-OH is 3. The van der Waals surface area contributed by atoms with Gasteiger partial charge in [0.15, 0.2) is 0 Å². The van der Waals surface area contributed by atoms with Crippen LogP contribution >= 0.6 is 11.6 Å². The van der Waals surface area contributed by atoms with Gasteiger partial charge in [0, 0.05) is 17.2 Å². The summed E-state index contributed by atoms with van der Waals surface area (Å²) in [7, 11) is 0. The first-order chi connectivity index (χ1) is 7.47. The van der Waals surface area contributed by atoms with Crippen molar-refractivity contribution in [1.82, 2.24) is 0 Å². The topological polar surface area (TPSA) is 60.7 Å². The summed E-state index contributed by atoms with van der Waals surface area (Å²) in [6.07, 6.45) is -2.62. The molecule has 0 aliphatic carbocycles. The highest BCUT2D eigenvalue weighted by Crippen LogP contribution is 2.27. The maximum Gasteiger partial charge on any atom is 0.129 e. The second-order valence-electron chi connectivity index (χ2n) is 3.65. The van der Waals surface area contributed by atoms with Crippen LogP contribution in [0.25, 0.3) is 0 Å². The third-order valence-electron chi connectivity index (χ3n) is 2.39. The predicted octanol–water partition coefficient (Wildman–Crippen LogP) is 1.56. The van der Waals surface area contributed by atoms with Gasteiger partial charge in [0.1, 0.15) is 11.9 Å². The SMILES string of the molecule is Cc1cc(F)c(C(O)C(O)CCO)cc1Cl. The zero-order valence-corrected chi connectivity index (χ0v) is 9.58. The van der Waals surface area contributed by atoms with Gasteiger partial charge in [-0.2, -0.15) is 0 Å². The number of benzene rings is 1. The van der Waals surface area contributed by atoms with Crippen LogP contribution in [0.2, 0.25) is 5.02 Å². The van der Waals surface area contributed by atoms with Crippen LogP contribution in [0, 0.1) is 12.7 Å². The highest BCUT2D eigenvalue weighted by molar-refractivity contribution is 6.31. The summed E-state index contributed by atoms with van der Waals surface area (Å²) in [4.78, 5) is 0. The molecule has 5 heteroatoms. The molecule has 0 saturated heterocycles. The summed E-state index contributed by atoms with van der Waals surface area (Å²) >= 11 is 5.80. The molecule has 90 valence electrons. The second kappa shape index (κ2) is 5.59. The van der Waals surface area contributed by atoms with Crippen LogP contribution in [0.15, 0.2) is 12.1 Å². The molecule has 16 heavy (non-hydrogen) atoms. The van der Waals surface area contributed by atoms with E-state index in [4.69, 9.17) is 16.7 Å². The maximum atomic E-state index is 13.5. The van der Waals surface area contributed by atoms with E-state index in [1.807, 2.05) is 0 Å². The molecule has 0 aliphatic rings. The first-order valence-corrected chi connectivity index (χ1v) is 5.27. The number of hydrogen-bond donors (Lipinski definition) is 3. The van der Waals surface area contributed by atoms with Gasteiger partial charge in [-0.25, -0.2) is 4.39 Å². The van der Waals surface area contributed by atoms with Crippen molar-refractivity contribution in [2.45, 2.75) is 25.6 Å². The average Bonchev–Trinajstić information content (AvgIpc) is 2.23. The van der Waals surface area contributed by atoms with Crippen LogP contribution in [0.5, 0.6) is 0 Å². The smallest absolute Gasteiger partial charge is 0.129 e. The van der Waals surface area contributed by atoms with Gasteiger partial charge in [-0.05, 0) is 31.0 Å². The molecule has 0 amide bonds. The lowest BCUT2D eigenvalue weighted by Gasteiger charge is -2.18. The highest BCUT2D eigenvalue weighted by atomic mass is 35.5. The van der Waals surface area contributed by atoms with Gasteiger partial charge in [0.05, 0.1) is 6.10 Å². The Morgan fingerprint density at radius 2 is 2.00 bits per heavy atom. The molecular formula is C11H14ClFO3. The molecular weight excluding hydrogens is 235 g/mol. The minimum atomic E-state index is -1.38. The van der Waals surface area contributed by atoms with Crippen molar-refractivity contribution >= 4 is 11.6 Å². The maximum absolute atomic E-state index is 13.5. The van der Waals surface area contributed by atoms with E-state index in [0.717, 1.165) is 0 Å². The third kappa shape index (κ3) is 2.92. The fourth-order valence-corrected chi connectivity index (χ4v) is 1.56. The van der Waals surface area contributed by atoms with E-state index in [1.165, 1.54) is 12.1 Å². The number of aliphatic hydroxyl groups is 3. The first kappa shape index (κ1) is 13.4. The Morgan fingerprint density at radius 1 is 1.38 bits per heavy atom. The Morgan fingerprint density at radius 3 is 2.56 bits per heavy atom. The van der Waals surface area contributed by atoms with Crippen LogP contribution in [0.1, 0.15) is 23.7 Å². The lowest BCUT2D eigenvalue weighted by atomic mass is 10.0. The summed E-state index contributed by atoms with van der Waals surface area (Å²) in [5.74, 6) is -0.619. The Balaban J connectivity index is 2.99. The normalized spacial score (nSPS) is 14.9. The molecule has 2 atom stereocenters. The molecule has 0 aromatic heterocycles. The fraction of sp³-hybridized carbons (Fsp3) is 0.455. The van der Waals surface area contributed by atoms with Crippen LogP contribution < -0.4 is 0 Å². The second-order valence-corrected chi connectivity index (χ2v) is 4.05. The average molecular weight is 249 g/mol. The van der Waals surface area contributed by atoms with Crippen molar-refractivity contribution in [3.05, 3.63) is 34.1 Å². The standard InChI is InChI=1S/C11H14ClFO3/c1-6-4-9(13)7(5-8(6)12)11(16)10(15)2-3-14/h4-5,10-11,14-16H,2-3H2,1H3. The summed E-state index contributed by atoms with van der Waals surface area (Å²) in [6, 6.07) is 2.49. The van der Waals surface area contributed by atoms with Gasteiger partial charge in [-0.3, -0.25) is 0 Å². The van der Waals surface area contributed by atoms with Gasteiger partial charge in [-0.1, -0.05) is 11.6 Å². The molecule has 1 rings (SSSR count). The largest absolute Gasteiger partial charge is 0.396 e.